The lowest BCUT2D eigenvalue weighted by Crippen LogP contribution is -2.46. The first-order valence-electron chi connectivity index (χ1n) is 8.04. The summed E-state index contributed by atoms with van der Waals surface area (Å²) in [4.78, 5) is 15.4. The average Bonchev–Trinajstić information content (AvgIpc) is 2.53. The van der Waals surface area contributed by atoms with Gasteiger partial charge in [0.25, 0.3) is 0 Å². The van der Waals surface area contributed by atoms with Crippen molar-refractivity contribution in [2.75, 3.05) is 33.3 Å². The average molecular weight is 385 g/mol. The van der Waals surface area contributed by atoms with E-state index in [9.17, 15) is 4.79 Å². The minimum Gasteiger partial charge on any atom is -0.496 e. The second-order valence-electron chi connectivity index (χ2n) is 5.93. The van der Waals surface area contributed by atoms with Crippen LogP contribution < -0.4 is 4.74 Å². The van der Waals surface area contributed by atoms with Gasteiger partial charge in [-0.25, -0.2) is 0 Å². The lowest BCUT2D eigenvalue weighted by atomic mass is 10.0. The Morgan fingerprint density at radius 3 is 2.65 bits per heavy atom. The molecule has 1 heterocycles. The smallest absolute Gasteiger partial charge is 0.317 e. The number of hydrogen-bond donors (Lipinski definition) is 1. The first-order chi connectivity index (χ1) is 11.0. The minimum atomic E-state index is -0.739. The van der Waals surface area contributed by atoms with Gasteiger partial charge in [0.05, 0.1) is 18.1 Å². The van der Waals surface area contributed by atoms with Crippen molar-refractivity contribution in [2.45, 2.75) is 32.4 Å². The number of piperidine rings is 1. The predicted octanol–water partition coefficient (Wildman–Crippen LogP) is 2.83. The van der Waals surface area contributed by atoms with Gasteiger partial charge in [-0.1, -0.05) is 13.0 Å². The predicted molar refractivity (Wildman–Crippen MR) is 93.9 cm³/mol. The van der Waals surface area contributed by atoms with Gasteiger partial charge in [0.1, 0.15) is 5.75 Å². The van der Waals surface area contributed by atoms with Crippen LogP contribution in [0.25, 0.3) is 0 Å². The van der Waals surface area contributed by atoms with E-state index in [1.165, 1.54) is 5.56 Å². The molecule has 0 unspecified atom stereocenters. The van der Waals surface area contributed by atoms with Crippen molar-refractivity contribution in [2.24, 2.45) is 0 Å². The van der Waals surface area contributed by atoms with Crippen LogP contribution in [0, 0.1) is 0 Å². The third-order valence-corrected chi connectivity index (χ3v) is 5.06. The number of rotatable bonds is 7. The summed E-state index contributed by atoms with van der Waals surface area (Å²) in [6, 6.07) is 6.57. The fourth-order valence-electron chi connectivity index (χ4n) is 3.18. The van der Waals surface area contributed by atoms with E-state index in [4.69, 9.17) is 9.84 Å². The molecule has 0 saturated carbocycles. The normalized spacial score (nSPS) is 16.7. The molecule has 0 aromatic heterocycles. The molecular formula is C17H25BrN2O3. The van der Waals surface area contributed by atoms with Gasteiger partial charge in [0, 0.05) is 12.6 Å². The zero-order valence-electron chi connectivity index (χ0n) is 13.8. The quantitative estimate of drug-likeness (QED) is 0.783. The van der Waals surface area contributed by atoms with Crippen molar-refractivity contribution >= 4 is 21.9 Å². The monoisotopic (exact) mass is 384 g/mol. The lowest BCUT2D eigenvalue weighted by molar-refractivity contribution is -0.139. The molecule has 128 valence electrons. The van der Waals surface area contributed by atoms with Crippen molar-refractivity contribution in [3.8, 4) is 5.75 Å². The van der Waals surface area contributed by atoms with Crippen molar-refractivity contribution in [3.63, 3.8) is 0 Å². The molecule has 1 N–H and O–H groups in total. The molecule has 1 aliphatic heterocycles. The van der Waals surface area contributed by atoms with Crippen molar-refractivity contribution in [1.29, 1.82) is 0 Å². The largest absolute Gasteiger partial charge is 0.496 e. The number of benzene rings is 1. The van der Waals surface area contributed by atoms with Crippen LogP contribution >= 0.6 is 15.9 Å². The summed E-state index contributed by atoms with van der Waals surface area (Å²) in [5, 5.41) is 8.99. The van der Waals surface area contributed by atoms with Gasteiger partial charge in [-0.3, -0.25) is 14.6 Å². The van der Waals surface area contributed by atoms with Crippen molar-refractivity contribution in [3.05, 3.63) is 28.2 Å². The van der Waals surface area contributed by atoms with Gasteiger partial charge in [0.15, 0.2) is 0 Å². The van der Waals surface area contributed by atoms with Crippen molar-refractivity contribution in [1.82, 2.24) is 9.80 Å². The number of likely N-dealkylation sites (N-methyl/N-ethyl adjacent to an activating group) is 1. The third-order valence-electron chi connectivity index (χ3n) is 4.44. The Morgan fingerprint density at radius 1 is 1.43 bits per heavy atom. The summed E-state index contributed by atoms with van der Waals surface area (Å²) in [5.41, 5.74) is 1.26. The van der Waals surface area contributed by atoms with Crippen LogP contribution in [0.2, 0.25) is 0 Å². The molecule has 23 heavy (non-hydrogen) atoms. The third kappa shape index (κ3) is 5.19. The number of carbonyl (C=O) groups is 1. The molecule has 0 aliphatic carbocycles. The molecule has 1 aromatic rings. The minimum absolute atomic E-state index is 0.145. The Labute approximate surface area is 146 Å². The molecule has 1 fully saturated rings. The van der Waals surface area contributed by atoms with Crippen LogP contribution in [-0.4, -0.2) is 60.2 Å². The number of methoxy groups -OCH3 is 1. The molecule has 6 heteroatoms. The summed E-state index contributed by atoms with van der Waals surface area (Å²) < 4.78 is 6.24. The highest BCUT2D eigenvalue weighted by atomic mass is 79.9. The van der Waals surface area contributed by atoms with E-state index >= 15 is 0 Å². The number of likely N-dealkylation sites (tertiary alicyclic amines) is 1. The zero-order valence-corrected chi connectivity index (χ0v) is 15.4. The number of carboxylic acids is 1. The maximum absolute atomic E-state index is 10.9. The van der Waals surface area contributed by atoms with Crippen LogP contribution in [0.1, 0.15) is 25.3 Å². The summed E-state index contributed by atoms with van der Waals surface area (Å²) in [5.74, 6) is 0.108. The summed E-state index contributed by atoms with van der Waals surface area (Å²) >= 11 is 3.53. The van der Waals surface area contributed by atoms with E-state index in [-0.39, 0.29) is 6.54 Å². The van der Waals surface area contributed by atoms with Crippen molar-refractivity contribution < 1.29 is 14.6 Å². The SMILES string of the molecule is CCN(CC(=O)O)C1CCN(Cc2ccc(OC)c(Br)c2)CC1. The van der Waals surface area contributed by atoms with Crippen LogP contribution in [0.3, 0.4) is 0 Å². The molecule has 0 amide bonds. The highest BCUT2D eigenvalue weighted by molar-refractivity contribution is 9.10. The van der Waals surface area contributed by atoms with Crippen LogP contribution in [0.15, 0.2) is 22.7 Å². The fraction of sp³-hybridized carbons (Fsp3) is 0.588. The van der Waals surface area contributed by atoms with E-state index in [1.807, 2.05) is 13.0 Å². The zero-order chi connectivity index (χ0) is 16.8. The number of halogens is 1. The van der Waals surface area contributed by atoms with Gasteiger partial charge >= 0.3 is 5.97 Å². The van der Waals surface area contributed by atoms with E-state index in [0.29, 0.717) is 6.04 Å². The molecule has 5 nitrogen and oxygen atoms in total. The molecule has 1 aliphatic rings. The molecule has 0 atom stereocenters. The molecule has 0 radical (unpaired) electrons. The Balaban J connectivity index is 1.87. The molecule has 0 bridgehead atoms. The maximum Gasteiger partial charge on any atom is 0.317 e. The highest BCUT2D eigenvalue weighted by Gasteiger charge is 2.25. The molecule has 2 rings (SSSR count). The molecular weight excluding hydrogens is 360 g/mol. The van der Waals surface area contributed by atoms with E-state index in [2.05, 4.69) is 37.9 Å². The molecule has 1 saturated heterocycles. The number of nitrogens with zero attached hydrogens (tertiary/aromatic N) is 2. The second kappa shape index (κ2) is 8.66. The fourth-order valence-corrected chi connectivity index (χ4v) is 3.77. The maximum atomic E-state index is 10.9. The second-order valence-corrected chi connectivity index (χ2v) is 6.79. The van der Waals surface area contributed by atoms with Gasteiger partial charge < -0.3 is 9.84 Å². The van der Waals surface area contributed by atoms with Crippen LogP contribution in [0.4, 0.5) is 0 Å². The Hall–Kier alpha value is -1.11. The summed E-state index contributed by atoms with van der Waals surface area (Å²) in [7, 11) is 1.67. The van der Waals surface area contributed by atoms with E-state index in [1.54, 1.807) is 7.11 Å². The van der Waals surface area contributed by atoms with Gasteiger partial charge in [-0.2, -0.15) is 0 Å². The summed E-state index contributed by atoms with van der Waals surface area (Å²) in [6.45, 7) is 5.90. The topological polar surface area (TPSA) is 53.0 Å². The number of carboxylic acid groups (broad SMARTS) is 1. The molecule has 1 aromatic carbocycles. The van der Waals surface area contributed by atoms with Crippen LogP contribution in [0.5, 0.6) is 5.75 Å². The first-order valence-corrected chi connectivity index (χ1v) is 8.83. The standard InChI is InChI=1S/C17H25BrN2O3/c1-3-20(12-17(21)22)14-6-8-19(9-7-14)11-13-4-5-16(23-2)15(18)10-13/h4-5,10,14H,3,6-9,11-12H2,1-2H3,(H,21,22). The Kier molecular flexibility index (Phi) is 6.87. The van der Waals surface area contributed by atoms with E-state index < -0.39 is 5.97 Å². The van der Waals surface area contributed by atoms with Gasteiger partial charge in [-0.15, -0.1) is 0 Å². The van der Waals surface area contributed by atoms with E-state index in [0.717, 1.165) is 49.2 Å². The molecule has 0 spiro atoms. The lowest BCUT2D eigenvalue weighted by Gasteiger charge is -2.37. The highest BCUT2D eigenvalue weighted by Crippen LogP contribution is 2.26. The van der Waals surface area contributed by atoms with Gasteiger partial charge in [0.2, 0.25) is 0 Å². The Bertz CT molecular complexity index is 531. The van der Waals surface area contributed by atoms with Crippen LogP contribution in [-0.2, 0) is 11.3 Å². The number of aliphatic carboxylic acids is 1. The Morgan fingerprint density at radius 2 is 2.13 bits per heavy atom. The number of ether oxygens (including phenoxy) is 1. The van der Waals surface area contributed by atoms with Gasteiger partial charge in [-0.05, 0) is 66.1 Å². The summed E-state index contributed by atoms with van der Waals surface area (Å²) in [6.07, 6.45) is 2.05. The first kappa shape index (κ1) is 18.2. The number of hydrogen-bond acceptors (Lipinski definition) is 4.